The van der Waals surface area contributed by atoms with Gasteiger partial charge in [-0.25, -0.2) is 13.1 Å². The lowest BCUT2D eigenvalue weighted by molar-refractivity contribution is -0.115. The van der Waals surface area contributed by atoms with Crippen LogP contribution in [-0.4, -0.2) is 53.0 Å². The van der Waals surface area contributed by atoms with Crippen molar-refractivity contribution in [3.8, 4) is 17.1 Å². The third-order valence-corrected chi connectivity index (χ3v) is 5.14. The average molecular weight is 402 g/mol. The van der Waals surface area contributed by atoms with E-state index in [1.54, 1.807) is 37.6 Å². The van der Waals surface area contributed by atoms with Gasteiger partial charge in [0.2, 0.25) is 15.8 Å². The maximum absolute atomic E-state index is 12.1. The fourth-order valence-corrected chi connectivity index (χ4v) is 3.31. The van der Waals surface area contributed by atoms with Crippen molar-refractivity contribution < 1.29 is 17.9 Å². The number of sulfonamides is 1. The molecule has 0 radical (unpaired) electrons. The Balaban J connectivity index is 1.71. The second kappa shape index (κ2) is 8.23. The van der Waals surface area contributed by atoms with Gasteiger partial charge in [-0.3, -0.25) is 9.78 Å². The monoisotopic (exact) mass is 402 g/mol. The number of ketones is 1. The average Bonchev–Trinajstić information content (AvgIpc) is 3.16. The second-order valence-corrected chi connectivity index (χ2v) is 7.65. The van der Waals surface area contributed by atoms with Gasteiger partial charge in [0.1, 0.15) is 18.1 Å². The summed E-state index contributed by atoms with van der Waals surface area (Å²) in [5.41, 5.74) is 1.35. The Morgan fingerprint density at radius 1 is 1.18 bits per heavy atom. The summed E-state index contributed by atoms with van der Waals surface area (Å²) < 4.78 is 31.5. The predicted molar refractivity (Wildman–Crippen MR) is 99.0 cm³/mol. The molecule has 28 heavy (non-hydrogen) atoms. The maximum atomic E-state index is 12.1. The SMILES string of the molecule is COc1ccc(Cn2nnc(-c3ccc(S(=O)(=O)NCC(C)=O)cc3)n2)nc1. The molecule has 0 unspecified atom stereocenters. The molecule has 0 saturated heterocycles. The van der Waals surface area contributed by atoms with Crippen molar-refractivity contribution in [2.45, 2.75) is 18.4 Å². The van der Waals surface area contributed by atoms with Crippen LogP contribution in [0.2, 0.25) is 0 Å². The van der Waals surface area contributed by atoms with Crippen molar-refractivity contribution in [2.24, 2.45) is 0 Å². The van der Waals surface area contributed by atoms with Gasteiger partial charge in [-0.2, -0.15) is 4.80 Å². The summed E-state index contributed by atoms with van der Waals surface area (Å²) in [6, 6.07) is 9.59. The van der Waals surface area contributed by atoms with Gasteiger partial charge >= 0.3 is 0 Å². The maximum Gasteiger partial charge on any atom is 0.240 e. The van der Waals surface area contributed by atoms with E-state index in [9.17, 15) is 13.2 Å². The number of aromatic nitrogens is 5. The van der Waals surface area contributed by atoms with Crippen molar-refractivity contribution in [3.63, 3.8) is 0 Å². The van der Waals surface area contributed by atoms with Crippen LogP contribution >= 0.6 is 0 Å². The topological polar surface area (TPSA) is 129 Å². The lowest BCUT2D eigenvalue weighted by Crippen LogP contribution is -2.28. The van der Waals surface area contributed by atoms with Gasteiger partial charge < -0.3 is 4.74 Å². The second-order valence-electron chi connectivity index (χ2n) is 5.88. The Kier molecular flexibility index (Phi) is 5.76. The van der Waals surface area contributed by atoms with E-state index in [1.165, 1.54) is 23.9 Å². The molecule has 146 valence electrons. The number of rotatable bonds is 8. The Morgan fingerprint density at radius 2 is 1.93 bits per heavy atom. The largest absolute Gasteiger partial charge is 0.495 e. The lowest BCUT2D eigenvalue weighted by atomic mass is 10.2. The first-order valence-corrected chi connectivity index (χ1v) is 9.72. The highest BCUT2D eigenvalue weighted by Gasteiger charge is 2.15. The van der Waals surface area contributed by atoms with Gasteiger partial charge in [-0.05, 0) is 48.5 Å². The third kappa shape index (κ3) is 4.75. The fourth-order valence-electron chi connectivity index (χ4n) is 2.26. The Labute approximate surface area is 161 Å². The Bertz CT molecular complexity index is 1060. The molecule has 1 aromatic carbocycles. The zero-order valence-electron chi connectivity index (χ0n) is 15.2. The quantitative estimate of drug-likeness (QED) is 0.582. The van der Waals surface area contributed by atoms with E-state index in [0.29, 0.717) is 23.7 Å². The van der Waals surface area contributed by atoms with Gasteiger partial charge in [0.05, 0.1) is 30.4 Å². The summed E-state index contributed by atoms with van der Waals surface area (Å²) in [6.07, 6.45) is 1.60. The number of methoxy groups -OCH3 is 1. The highest BCUT2D eigenvalue weighted by atomic mass is 32.2. The van der Waals surface area contributed by atoms with Crippen LogP contribution in [0.5, 0.6) is 5.75 Å². The van der Waals surface area contributed by atoms with Crippen molar-refractivity contribution >= 4 is 15.8 Å². The first-order chi connectivity index (χ1) is 13.4. The van der Waals surface area contributed by atoms with E-state index >= 15 is 0 Å². The van der Waals surface area contributed by atoms with Crippen LogP contribution in [0.4, 0.5) is 0 Å². The number of nitrogens with one attached hydrogen (secondary N) is 1. The normalized spacial score (nSPS) is 11.4. The smallest absolute Gasteiger partial charge is 0.240 e. The molecule has 0 atom stereocenters. The molecule has 0 aliphatic heterocycles. The predicted octanol–water partition coefficient (Wildman–Crippen LogP) is 0.659. The molecule has 2 aromatic heterocycles. The highest BCUT2D eigenvalue weighted by Crippen LogP contribution is 2.17. The molecule has 0 bridgehead atoms. The zero-order chi connectivity index (χ0) is 20.1. The molecule has 0 amide bonds. The molecule has 10 nitrogen and oxygen atoms in total. The van der Waals surface area contributed by atoms with Crippen molar-refractivity contribution in [1.82, 2.24) is 29.9 Å². The minimum Gasteiger partial charge on any atom is -0.495 e. The Hall–Kier alpha value is -3.18. The minimum atomic E-state index is -3.75. The van der Waals surface area contributed by atoms with Crippen molar-refractivity contribution in [1.29, 1.82) is 0 Å². The van der Waals surface area contributed by atoms with E-state index in [-0.39, 0.29) is 17.2 Å². The minimum absolute atomic E-state index is 0.0484. The molecule has 3 rings (SSSR count). The van der Waals surface area contributed by atoms with Gasteiger partial charge in [-0.15, -0.1) is 10.2 Å². The summed E-state index contributed by atoms with van der Waals surface area (Å²) in [7, 11) is -2.18. The highest BCUT2D eigenvalue weighted by molar-refractivity contribution is 7.89. The van der Waals surface area contributed by atoms with E-state index < -0.39 is 10.0 Å². The van der Waals surface area contributed by atoms with Crippen LogP contribution in [0, 0.1) is 0 Å². The van der Waals surface area contributed by atoms with Crippen LogP contribution in [0.3, 0.4) is 0 Å². The van der Waals surface area contributed by atoms with E-state index in [0.717, 1.165) is 5.69 Å². The molecule has 0 spiro atoms. The molecule has 3 aromatic rings. The number of nitrogens with zero attached hydrogens (tertiary/aromatic N) is 5. The molecule has 0 saturated carbocycles. The molecule has 0 aliphatic carbocycles. The van der Waals surface area contributed by atoms with Crippen molar-refractivity contribution in [3.05, 3.63) is 48.3 Å². The van der Waals surface area contributed by atoms with Gasteiger partial charge in [0.15, 0.2) is 0 Å². The van der Waals surface area contributed by atoms with E-state index in [4.69, 9.17) is 4.74 Å². The van der Waals surface area contributed by atoms with Gasteiger partial charge in [0.25, 0.3) is 0 Å². The van der Waals surface area contributed by atoms with Crippen LogP contribution < -0.4 is 9.46 Å². The van der Waals surface area contributed by atoms with Crippen molar-refractivity contribution in [2.75, 3.05) is 13.7 Å². The summed E-state index contributed by atoms with van der Waals surface area (Å²) in [6.45, 7) is 1.39. The van der Waals surface area contributed by atoms with Crippen LogP contribution in [0.1, 0.15) is 12.6 Å². The molecular weight excluding hydrogens is 384 g/mol. The van der Waals surface area contributed by atoms with Crippen LogP contribution in [0.25, 0.3) is 11.4 Å². The van der Waals surface area contributed by atoms with E-state index in [2.05, 4.69) is 25.1 Å². The molecule has 0 fully saturated rings. The number of ether oxygens (including phenoxy) is 1. The number of benzene rings is 1. The fraction of sp³-hybridized carbons (Fsp3) is 0.235. The summed E-state index contributed by atoms with van der Waals surface area (Å²) in [4.78, 5) is 16.6. The van der Waals surface area contributed by atoms with Gasteiger partial charge in [0, 0.05) is 5.56 Å². The molecule has 1 N–H and O–H groups in total. The van der Waals surface area contributed by atoms with Gasteiger partial charge in [-0.1, -0.05) is 0 Å². The molecule has 2 heterocycles. The Morgan fingerprint density at radius 3 is 2.54 bits per heavy atom. The number of carbonyl (C=O) groups is 1. The number of carbonyl (C=O) groups excluding carboxylic acids is 1. The third-order valence-electron chi connectivity index (χ3n) is 3.72. The molecule has 0 aliphatic rings. The van der Waals surface area contributed by atoms with E-state index in [1.807, 2.05) is 0 Å². The number of tetrazole rings is 1. The summed E-state index contributed by atoms with van der Waals surface area (Å²) >= 11 is 0. The zero-order valence-corrected chi connectivity index (χ0v) is 16.0. The summed E-state index contributed by atoms with van der Waals surface area (Å²) in [5, 5.41) is 12.3. The number of Topliss-reactive ketones (excluding diaryl/α,β-unsaturated/α-hetero) is 1. The summed E-state index contributed by atoms with van der Waals surface area (Å²) in [5.74, 6) is 0.741. The number of hydrogen-bond acceptors (Lipinski definition) is 8. The molecule has 11 heteroatoms. The van der Waals surface area contributed by atoms with Crippen LogP contribution in [0.15, 0.2) is 47.5 Å². The first-order valence-electron chi connectivity index (χ1n) is 8.23. The number of pyridine rings is 1. The molecular formula is C17H18N6O4S. The number of hydrogen-bond donors (Lipinski definition) is 1. The van der Waals surface area contributed by atoms with Crippen LogP contribution in [-0.2, 0) is 21.4 Å². The standard InChI is InChI=1S/C17H18N6O4S/c1-12(24)9-19-28(25,26)16-7-3-13(4-8-16)17-20-22-23(21-17)11-14-5-6-15(27-2)10-18-14/h3-8,10,19H,9,11H2,1-2H3. The lowest BCUT2D eigenvalue weighted by Gasteiger charge is -2.05. The first kappa shape index (κ1) is 19.6.